The van der Waals surface area contributed by atoms with Crippen molar-refractivity contribution in [3.63, 3.8) is 0 Å². The summed E-state index contributed by atoms with van der Waals surface area (Å²) in [6.07, 6.45) is 6.51. The van der Waals surface area contributed by atoms with Gasteiger partial charge in [-0.15, -0.1) is 22.2 Å². The van der Waals surface area contributed by atoms with Crippen LogP contribution in [0.2, 0.25) is 5.04 Å². The van der Waals surface area contributed by atoms with Crippen LogP contribution in [0.1, 0.15) is 39.0 Å². The van der Waals surface area contributed by atoms with E-state index < -0.39 is 7.42 Å². The molecule has 0 aromatic rings. The van der Waals surface area contributed by atoms with E-state index in [0.29, 0.717) is 5.04 Å². The van der Waals surface area contributed by atoms with Crippen LogP contribution in [0.25, 0.3) is 0 Å². The van der Waals surface area contributed by atoms with E-state index in [4.69, 9.17) is 22.2 Å². The number of hydrogen-bond donors (Lipinski definition) is 0. The normalized spacial score (nSPS) is 25.2. The lowest BCUT2D eigenvalue weighted by Crippen LogP contribution is -2.23. The van der Waals surface area contributed by atoms with Crippen LogP contribution in [-0.4, -0.2) is 7.42 Å². The van der Waals surface area contributed by atoms with Crippen molar-refractivity contribution in [2.24, 2.45) is 0 Å². The zero-order chi connectivity index (χ0) is 7.61. The first-order chi connectivity index (χ1) is 4.65. The quantitative estimate of drug-likeness (QED) is 0.443. The first-order valence-corrected chi connectivity index (χ1v) is 7.36. The molecule has 0 amide bonds. The molecule has 0 N–H and O–H groups in total. The average Bonchev–Trinajstić information content (AvgIpc) is 1.89. The maximum Gasteiger partial charge on any atom is 0.279 e. The van der Waals surface area contributed by atoms with Gasteiger partial charge in [0.25, 0.3) is 7.42 Å². The van der Waals surface area contributed by atoms with Crippen molar-refractivity contribution in [3.8, 4) is 0 Å². The molecular weight excluding hydrogens is 183 g/mol. The molecule has 59 valence electrons. The van der Waals surface area contributed by atoms with Gasteiger partial charge in [0.1, 0.15) is 0 Å². The first kappa shape index (κ1) is 8.89. The van der Waals surface area contributed by atoms with Gasteiger partial charge in [-0.05, 0) is 17.9 Å². The third-order valence-corrected chi connectivity index (χ3v) is 6.56. The predicted molar refractivity (Wildman–Crippen MR) is 48.9 cm³/mol. The molecular formula is C7H13Cl2Si. The Morgan fingerprint density at radius 2 is 1.60 bits per heavy atom. The molecule has 0 aromatic carbocycles. The maximum atomic E-state index is 5.97. The summed E-state index contributed by atoms with van der Waals surface area (Å²) in [6, 6.07) is 0. The van der Waals surface area contributed by atoms with Crippen LogP contribution < -0.4 is 0 Å². The largest absolute Gasteiger partial charge is 0.279 e. The SMILES string of the molecule is CC1([Si](Cl)Cl)CCCCC1. The summed E-state index contributed by atoms with van der Waals surface area (Å²) in [4.78, 5) is 0. The van der Waals surface area contributed by atoms with Crippen LogP contribution in [0, 0.1) is 0 Å². The van der Waals surface area contributed by atoms with Gasteiger partial charge in [0, 0.05) is 0 Å². The fraction of sp³-hybridized carbons (Fsp3) is 1.00. The summed E-state index contributed by atoms with van der Waals surface area (Å²) in [5.74, 6) is 0. The smallest absolute Gasteiger partial charge is 0.146 e. The molecule has 0 bridgehead atoms. The van der Waals surface area contributed by atoms with Crippen molar-refractivity contribution in [1.29, 1.82) is 0 Å². The van der Waals surface area contributed by atoms with E-state index >= 15 is 0 Å². The predicted octanol–water partition coefficient (Wildman–Crippen LogP) is 3.68. The summed E-state index contributed by atoms with van der Waals surface area (Å²) in [5.41, 5.74) is 0. The second kappa shape index (κ2) is 3.46. The Kier molecular flexibility index (Phi) is 3.08. The Balaban J connectivity index is 2.48. The molecule has 3 heteroatoms. The van der Waals surface area contributed by atoms with Crippen LogP contribution in [0.15, 0.2) is 0 Å². The highest BCUT2D eigenvalue weighted by Gasteiger charge is 2.35. The molecule has 0 atom stereocenters. The van der Waals surface area contributed by atoms with Crippen molar-refractivity contribution in [1.82, 2.24) is 0 Å². The minimum absolute atomic E-state index is 0.312. The molecule has 0 spiro atoms. The van der Waals surface area contributed by atoms with Crippen molar-refractivity contribution >= 4 is 29.6 Å². The van der Waals surface area contributed by atoms with E-state index in [0.717, 1.165) is 0 Å². The average molecular weight is 196 g/mol. The minimum atomic E-state index is -1.09. The Morgan fingerprint density at radius 3 is 1.90 bits per heavy atom. The Hall–Kier alpha value is 0.797. The second-order valence-electron chi connectivity index (χ2n) is 3.38. The zero-order valence-electron chi connectivity index (χ0n) is 6.29. The number of halogens is 2. The molecule has 0 heterocycles. The van der Waals surface area contributed by atoms with Crippen molar-refractivity contribution in [2.75, 3.05) is 0 Å². The topological polar surface area (TPSA) is 0 Å². The van der Waals surface area contributed by atoms with Crippen molar-refractivity contribution < 1.29 is 0 Å². The van der Waals surface area contributed by atoms with E-state index in [1.54, 1.807) is 0 Å². The van der Waals surface area contributed by atoms with E-state index in [1.807, 2.05) is 0 Å². The van der Waals surface area contributed by atoms with Gasteiger partial charge in [0.15, 0.2) is 0 Å². The highest BCUT2D eigenvalue weighted by molar-refractivity contribution is 7.35. The van der Waals surface area contributed by atoms with Crippen LogP contribution in [0.4, 0.5) is 0 Å². The Labute approximate surface area is 73.9 Å². The van der Waals surface area contributed by atoms with Gasteiger partial charge in [0.2, 0.25) is 0 Å². The summed E-state index contributed by atoms with van der Waals surface area (Å²) >= 11 is 11.9. The highest BCUT2D eigenvalue weighted by atomic mass is 35.7. The zero-order valence-corrected chi connectivity index (χ0v) is 8.80. The maximum absolute atomic E-state index is 5.97. The standard InChI is InChI=1S/C7H13Cl2Si/c1-7(10(8)9)5-3-2-4-6-7/h2-6H2,1H3. The molecule has 1 fully saturated rings. The summed E-state index contributed by atoms with van der Waals surface area (Å²) in [6.45, 7) is 2.24. The number of rotatable bonds is 1. The van der Waals surface area contributed by atoms with Crippen molar-refractivity contribution in [2.45, 2.75) is 44.1 Å². The van der Waals surface area contributed by atoms with Crippen LogP contribution in [0.5, 0.6) is 0 Å². The number of hydrogen-bond acceptors (Lipinski definition) is 0. The monoisotopic (exact) mass is 195 g/mol. The fourth-order valence-corrected chi connectivity index (χ4v) is 3.39. The minimum Gasteiger partial charge on any atom is -0.146 e. The summed E-state index contributed by atoms with van der Waals surface area (Å²) in [7, 11) is -1.09. The third kappa shape index (κ3) is 1.90. The highest BCUT2D eigenvalue weighted by Crippen LogP contribution is 2.47. The Morgan fingerprint density at radius 1 is 1.10 bits per heavy atom. The van der Waals surface area contributed by atoms with Gasteiger partial charge in [-0.25, -0.2) is 0 Å². The molecule has 1 saturated carbocycles. The van der Waals surface area contributed by atoms with E-state index in [1.165, 1.54) is 32.1 Å². The molecule has 0 aromatic heterocycles. The molecule has 0 aliphatic heterocycles. The van der Waals surface area contributed by atoms with E-state index in [2.05, 4.69) is 6.92 Å². The van der Waals surface area contributed by atoms with Gasteiger partial charge in [-0.1, -0.05) is 26.2 Å². The summed E-state index contributed by atoms with van der Waals surface area (Å²) < 4.78 is 0. The lowest BCUT2D eigenvalue weighted by atomic mass is 9.90. The lowest BCUT2D eigenvalue weighted by Gasteiger charge is -2.32. The van der Waals surface area contributed by atoms with Crippen LogP contribution >= 0.6 is 22.2 Å². The van der Waals surface area contributed by atoms with Gasteiger partial charge >= 0.3 is 0 Å². The molecule has 0 saturated heterocycles. The fourth-order valence-electron chi connectivity index (χ4n) is 1.52. The summed E-state index contributed by atoms with van der Waals surface area (Å²) in [5, 5.41) is 0.312. The van der Waals surface area contributed by atoms with E-state index in [-0.39, 0.29) is 0 Å². The van der Waals surface area contributed by atoms with E-state index in [9.17, 15) is 0 Å². The third-order valence-electron chi connectivity index (χ3n) is 2.41. The van der Waals surface area contributed by atoms with Gasteiger partial charge in [-0.2, -0.15) is 0 Å². The van der Waals surface area contributed by atoms with Crippen LogP contribution in [0.3, 0.4) is 0 Å². The van der Waals surface area contributed by atoms with Crippen molar-refractivity contribution in [3.05, 3.63) is 0 Å². The molecule has 1 rings (SSSR count). The van der Waals surface area contributed by atoms with Gasteiger partial charge in [0.05, 0.1) is 0 Å². The molecule has 0 nitrogen and oxygen atoms in total. The molecule has 0 unspecified atom stereocenters. The molecule has 1 aliphatic rings. The molecule has 10 heavy (non-hydrogen) atoms. The first-order valence-electron chi connectivity index (χ1n) is 3.84. The van der Waals surface area contributed by atoms with Gasteiger partial charge < -0.3 is 0 Å². The lowest BCUT2D eigenvalue weighted by molar-refractivity contribution is 0.401. The molecule has 1 aliphatic carbocycles. The Bertz CT molecular complexity index is 108. The van der Waals surface area contributed by atoms with Crippen LogP contribution in [-0.2, 0) is 0 Å². The molecule has 1 radical (unpaired) electrons. The van der Waals surface area contributed by atoms with Gasteiger partial charge in [-0.3, -0.25) is 0 Å². The second-order valence-corrected chi connectivity index (χ2v) is 7.96.